The molecule has 8 nitrogen and oxygen atoms in total. The molecule has 0 aliphatic carbocycles. The van der Waals surface area contributed by atoms with E-state index in [0.29, 0.717) is 39.4 Å². The van der Waals surface area contributed by atoms with Crippen molar-refractivity contribution in [1.29, 1.82) is 0 Å². The third kappa shape index (κ3) is 3.08. The van der Waals surface area contributed by atoms with Crippen molar-refractivity contribution in [3.8, 4) is 17.2 Å². The smallest absolute Gasteiger partial charge is 0.344 e. The molecule has 0 saturated carbocycles. The minimum atomic E-state index is -0.596. The Morgan fingerprint density at radius 2 is 1.80 bits per heavy atom. The molecule has 0 amide bonds. The van der Waals surface area contributed by atoms with Gasteiger partial charge in [0, 0.05) is 6.07 Å². The van der Waals surface area contributed by atoms with Crippen molar-refractivity contribution >= 4 is 34.0 Å². The van der Waals surface area contributed by atoms with E-state index in [1.165, 1.54) is 6.08 Å². The van der Waals surface area contributed by atoms with Crippen LogP contribution in [0.25, 0.3) is 27.9 Å². The van der Waals surface area contributed by atoms with E-state index >= 15 is 0 Å². The summed E-state index contributed by atoms with van der Waals surface area (Å²) in [6, 6.07) is 12.7. The van der Waals surface area contributed by atoms with Crippen LogP contribution in [0.1, 0.15) is 10.4 Å². The monoisotopic (exact) mass is 404 g/mol. The summed E-state index contributed by atoms with van der Waals surface area (Å²) in [5.41, 5.74) is 9.34. The number of fused-ring (bicyclic) bond motifs is 2. The number of hydrogen-bond acceptors (Lipinski definition) is 7. The molecule has 2 heterocycles. The molecule has 4 aromatic rings. The molecule has 0 bridgehead atoms. The van der Waals surface area contributed by atoms with Crippen LogP contribution in [-0.2, 0) is 4.74 Å². The van der Waals surface area contributed by atoms with Crippen LogP contribution in [0.2, 0.25) is 0 Å². The second-order valence-electron chi connectivity index (χ2n) is 6.41. The van der Waals surface area contributed by atoms with Crippen LogP contribution >= 0.6 is 0 Å². The zero-order chi connectivity index (χ0) is 21.3. The summed E-state index contributed by atoms with van der Waals surface area (Å²) in [6.07, 6.45) is 1.49. The van der Waals surface area contributed by atoms with Crippen LogP contribution in [0.4, 0.5) is 5.82 Å². The fraction of sp³-hybridized carbons (Fsp3) is 0.136. The Kier molecular flexibility index (Phi) is 4.97. The molecule has 0 saturated heterocycles. The molecule has 2 N–H and O–H groups in total. The molecule has 2 aromatic carbocycles. The maximum Gasteiger partial charge on any atom is 0.344 e. The molecule has 30 heavy (non-hydrogen) atoms. The first kappa shape index (κ1) is 19.3. The SMILES string of the molecule is C=CCOC(=O)c1c(N)n(-c2ccc(OC)c(OC)c2)c2nc3ccccc3nc12. The zero-order valence-electron chi connectivity index (χ0n) is 16.6. The molecule has 0 aliphatic rings. The highest BCUT2D eigenvalue weighted by Gasteiger charge is 2.26. The predicted molar refractivity (Wildman–Crippen MR) is 114 cm³/mol. The largest absolute Gasteiger partial charge is 0.493 e. The summed E-state index contributed by atoms with van der Waals surface area (Å²) < 4.78 is 17.6. The molecule has 152 valence electrons. The summed E-state index contributed by atoms with van der Waals surface area (Å²) in [5, 5.41) is 0. The predicted octanol–water partition coefficient (Wildman–Crippen LogP) is 3.52. The van der Waals surface area contributed by atoms with E-state index in [9.17, 15) is 4.79 Å². The normalized spacial score (nSPS) is 10.9. The van der Waals surface area contributed by atoms with E-state index in [1.54, 1.807) is 37.0 Å². The third-order valence-corrected chi connectivity index (χ3v) is 4.66. The van der Waals surface area contributed by atoms with Crippen molar-refractivity contribution in [3.63, 3.8) is 0 Å². The fourth-order valence-corrected chi connectivity index (χ4v) is 3.29. The summed E-state index contributed by atoms with van der Waals surface area (Å²) in [4.78, 5) is 22.1. The summed E-state index contributed by atoms with van der Waals surface area (Å²) >= 11 is 0. The molecule has 4 rings (SSSR count). The Bertz CT molecular complexity index is 1280. The van der Waals surface area contributed by atoms with Gasteiger partial charge in [0.15, 0.2) is 17.1 Å². The van der Waals surface area contributed by atoms with Crippen molar-refractivity contribution in [2.45, 2.75) is 0 Å². The number of carbonyl (C=O) groups excluding carboxylic acids is 1. The van der Waals surface area contributed by atoms with E-state index < -0.39 is 5.97 Å². The van der Waals surface area contributed by atoms with Gasteiger partial charge in [-0.25, -0.2) is 14.8 Å². The highest BCUT2D eigenvalue weighted by atomic mass is 16.5. The Morgan fingerprint density at radius 1 is 1.10 bits per heavy atom. The Hall–Kier alpha value is -4.07. The second-order valence-corrected chi connectivity index (χ2v) is 6.41. The molecular formula is C22H20N4O4. The summed E-state index contributed by atoms with van der Waals surface area (Å²) in [7, 11) is 3.10. The van der Waals surface area contributed by atoms with Gasteiger partial charge in [0.25, 0.3) is 0 Å². The number of ether oxygens (including phenoxy) is 3. The standard InChI is InChI=1S/C22H20N4O4/c1-4-11-30-22(27)18-19-21(25-15-8-6-5-7-14(15)24-19)26(20(18)23)13-9-10-16(28-2)17(12-13)29-3/h4-10,12H,1,11,23H2,2-3H3. The number of anilines is 1. The number of benzene rings is 2. The number of para-hydroxylation sites is 2. The minimum absolute atomic E-state index is 0.0579. The maximum absolute atomic E-state index is 12.8. The quantitative estimate of drug-likeness (QED) is 0.387. The molecule has 2 aromatic heterocycles. The number of rotatable bonds is 6. The van der Waals surface area contributed by atoms with E-state index in [4.69, 9.17) is 24.9 Å². The van der Waals surface area contributed by atoms with Gasteiger partial charge in [-0.05, 0) is 24.3 Å². The van der Waals surface area contributed by atoms with Crippen molar-refractivity contribution < 1.29 is 19.0 Å². The highest BCUT2D eigenvalue weighted by Crippen LogP contribution is 2.35. The van der Waals surface area contributed by atoms with Crippen LogP contribution in [0.5, 0.6) is 11.5 Å². The van der Waals surface area contributed by atoms with Crippen LogP contribution in [0.3, 0.4) is 0 Å². The number of methoxy groups -OCH3 is 2. The van der Waals surface area contributed by atoms with Gasteiger partial charge in [-0.1, -0.05) is 24.8 Å². The fourth-order valence-electron chi connectivity index (χ4n) is 3.29. The van der Waals surface area contributed by atoms with E-state index in [-0.39, 0.29) is 18.0 Å². The van der Waals surface area contributed by atoms with E-state index in [0.717, 1.165) is 0 Å². The van der Waals surface area contributed by atoms with E-state index in [1.807, 2.05) is 24.3 Å². The number of hydrogen-bond donors (Lipinski definition) is 1. The van der Waals surface area contributed by atoms with Gasteiger partial charge in [0.1, 0.15) is 23.5 Å². The first-order valence-electron chi connectivity index (χ1n) is 9.16. The van der Waals surface area contributed by atoms with Crippen molar-refractivity contribution in [1.82, 2.24) is 14.5 Å². The lowest BCUT2D eigenvalue weighted by Gasteiger charge is -2.12. The Morgan fingerprint density at radius 3 is 2.47 bits per heavy atom. The molecule has 0 aliphatic heterocycles. The minimum Gasteiger partial charge on any atom is -0.493 e. The average Bonchev–Trinajstić information content (AvgIpc) is 3.06. The number of nitrogens with zero attached hydrogens (tertiary/aromatic N) is 3. The zero-order valence-corrected chi connectivity index (χ0v) is 16.6. The lowest BCUT2D eigenvalue weighted by molar-refractivity contribution is 0.0553. The number of carbonyl (C=O) groups is 1. The van der Waals surface area contributed by atoms with Crippen molar-refractivity contribution in [3.05, 3.63) is 60.7 Å². The maximum atomic E-state index is 12.8. The molecule has 0 unspecified atom stereocenters. The topological polar surface area (TPSA) is 101 Å². The first-order chi connectivity index (χ1) is 14.6. The number of aromatic nitrogens is 3. The summed E-state index contributed by atoms with van der Waals surface area (Å²) in [5.74, 6) is 0.655. The van der Waals surface area contributed by atoms with Crippen LogP contribution in [0, 0.1) is 0 Å². The lowest BCUT2D eigenvalue weighted by atomic mass is 10.2. The summed E-state index contributed by atoms with van der Waals surface area (Å²) in [6.45, 7) is 3.63. The van der Waals surface area contributed by atoms with Gasteiger partial charge in [0.2, 0.25) is 0 Å². The average molecular weight is 404 g/mol. The van der Waals surface area contributed by atoms with Crippen molar-refractivity contribution in [2.75, 3.05) is 26.6 Å². The Labute approximate surface area is 172 Å². The number of esters is 1. The number of nitrogen functional groups attached to an aromatic ring is 1. The van der Waals surface area contributed by atoms with Gasteiger partial charge in [-0.2, -0.15) is 0 Å². The van der Waals surface area contributed by atoms with Gasteiger partial charge in [-0.3, -0.25) is 4.57 Å². The molecule has 0 spiro atoms. The van der Waals surface area contributed by atoms with Gasteiger partial charge < -0.3 is 19.9 Å². The lowest BCUT2D eigenvalue weighted by Crippen LogP contribution is -2.09. The molecule has 8 heteroatoms. The Balaban J connectivity index is 2.03. The van der Waals surface area contributed by atoms with Crippen LogP contribution < -0.4 is 15.2 Å². The van der Waals surface area contributed by atoms with E-state index in [2.05, 4.69) is 11.6 Å². The first-order valence-corrected chi connectivity index (χ1v) is 9.16. The van der Waals surface area contributed by atoms with Gasteiger partial charge in [-0.15, -0.1) is 0 Å². The molecular weight excluding hydrogens is 384 g/mol. The van der Waals surface area contributed by atoms with Crippen LogP contribution in [0.15, 0.2) is 55.1 Å². The molecule has 0 atom stereocenters. The van der Waals surface area contributed by atoms with Crippen molar-refractivity contribution in [2.24, 2.45) is 0 Å². The third-order valence-electron chi connectivity index (χ3n) is 4.66. The van der Waals surface area contributed by atoms with Crippen LogP contribution in [-0.4, -0.2) is 41.3 Å². The molecule has 0 fully saturated rings. The molecule has 0 radical (unpaired) electrons. The van der Waals surface area contributed by atoms with Gasteiger partial charge >= 0.3 is 5.97 Å². The number of nitrogens with two attached hydrogens (primary N) is 1. The van der Waals surface area contributed by atoms with Gasteiger partial charge in [0.05, 0.1) is 30.9 Å². The highest BCUT2D eigenvalue weighted by molar-refractivity contribution is 6.09. The second kappa shape index (κ2) is 7.75.